The van der Waals surface area contributed by atoms with Gasteiger partial charge >= 0.3 is 0 Å². The van der Waals surface area contributed by atoms with Crippen molar-refractivity contribution in [2.45, 2.75) is 16.7 Å². The second-order valence-electron chi connectivity index (χ2n) is 3.78. The molecule has 0 atom stereocenters. The lowest BCUT2D eigenvalue weighted by molar-refractivity contribution is 0.340. The highest BCUT2D eigenvalue weighted by molar-refractivity contribution is 7.99. The average Bonchev–Trinajstić information content (AvgIpc) is 2.42. The Morgan fingerprint density at radius 3 is 2.00 bits per heavy atom. The molecule has 3 heteroatoms. The van der Waals surface area contributed by atoms with Gasteiger partial charge in [-0.2, -0.15) is 0 Å². The van der Waals surface area contributed by atoms with Crippen molar-refractivity contribution >= 4 is 17.4 Å². The van der Waals surface area contributed by atoms with Gasteiger partial charge in [-0.15, -0.1) is 0 Å². The zero-order chi connectivity index (χ0) is 12.8. The Balaban J connectivity index is 2.03. The molecular weight excluding hydrogens is 242 g/mol. The third kappa shape index (κ3) is 3.44. The number of nitrogens with one attached hydrogen (secondary N) is 1. The number of ether oxygens (including phenoxy) is 1. The summed E-state index contributed by atoms with van der Waals surface area (Å²) in [5, 5.41) is 3.11. The van der Waals surface area contributed by atoms with Crippen molar-refractivity contribution in [1.29, 1.82) is 0 Å². The molecule has 2 nitrogen and oxygen atoms in total. The van der Waals surface area contributed by atoms with Gasteiger partial charge in [0.2, 0.25) is 0 Å². The summed E-state index contributed by atoms with van der Waals surface area (Å²) in [6, 6.07) is 16.6. The van der Waals surface area contributed by atoms with E-state index in [1.165, 1.54) is 9.79 Å². The van der Waals surface area contributed by atoms with Gasteiger partial charge in [0.15, 0.2) is 0 Å². The summed E-state index contributed by atoms with van der Waals surface area (Å²) in [5.74, 6) is 0.924. The molecule has 0 heterocycles. The van der Waals surface area contributed by atoms with Gasteiger partial charge in [-0.1, -0.05) is 11.8 Å². The van der Waals surface area contributed by atoms with Gasteiger partial charge in [-0.3, -0.25) is 0 Å². The Morgan fingerprint density at radius 2 is 1.50 bits per heavy atom. The molecule has 0 bridgehead atoms. The van der Waals surface area contributed by atoms with E-state index in [0.29, 0.717) is 6.61 Å². The number of anilines is 1. The summed E-state index contributed by atoms with van der Waals surface area (Å²) in [4.78, 5) is 2.45. The highest BCUT2D eigenvalue weighted by Crippen LogP contribution is 2.29. The molecule has 0 aliphatic heterocycles. The van der Waals surface area contributed by atoms with E-state index in [-0.39, 0.29) is 0 Å². The number of hydrogen-bond acceptors (Lipinski definition) is 3. The quantitative estimate of drug-likeness (QED) is 0.866. The summed E-state index contributed by atoms with van der Waals surface area (Å²) < 4.78 is 5.42. The van der Waals surface area contributed by atoms with Crippen molar-refractivity contribution in [3.63, 3.8) is 0 Å². The molecule has 0 amide bonds. The van der Waals surface area contributed by atoms with Gasteiger partial charge in [0.1, 0.15) is 5.75 Å². The van der Waals surface area contributed by atoms with Crippen LogP contribution < -0.4 is 10.1 Å². The monoisotopic (exact) mass is 259 g/mol. The normalized spacial score (nSPS) is 10.1. The summed E-state index contributed by atoms with van der Waals surface area (Å²) >= 11 is 1.75. The van der Waals surface area contributed by atoms with E-state index < -0.39 is 0 Å². The molecule has 0 aliphatic rings. The van der Waals surface area contributed by atoms with Crippen LogP contribution in [0.1, 0.15) is 6.92 Å². The maximum absolute atomic E-state index is 5.42. The number of hydrogen-bond donors (Lipinski definition) is 1. The van der Waals surface area contributed by atoms with Crippen LogP contribution in [0.25, 0.3) is 0 Å². The highest BCUT2D eigenvalue weighted by Gasteiger charge is 1.98. The van der Waals surface area contributed by atoms with Crippen LogP contribution in [0, 0.1) is 0 Å². The van der Waals surface area contributed by atoms with E-state index in [0.717, 1.165) is 11.4 Å². The van der Waals surface area contributed by atoms with E-state index in [1.807, 2.05) is 26.1 Å². The molecule has 94 valence electrons. The molecule has 0 aliphatic carbocycles. The Hall–Kier alpha value is -1.61. The SMILES string of the molecule is CCOc1ccc(Sc2ccc(NC)cc2)cc1. The minimum atomic E-state index is 0.706. The number of rotatable bonds is 5. The Labute approximate surface area is 112 Å². The van der Waals surface area contributed by atoms with E-state index in [4.69, 9.17) is 4.74 Å². The van der Waals surface area contributed by atoms with Crippen LogP contribution in [0.2, 0.25) is 0 Å². The predicted molar refractivity (Wildman–Crippen MR) is 77.7 cm³/mol. The molecule has 2 rings (SSSR count). The van der Waals surface area contributed by atoms with Crippen molar-refractivity contribution in [2.24, 2.45) is 0 Å². The fourth-order valence-corrected chi connectivity index (χ4v) is 2.41. The molecule has 0 saturated heterocycles. The van der Waals surface area contributed by atoms with Crippen LogP contribution in [0.15, 0.2) is 58.3 Å². The molecule has 0 saturated carbocycles. The van der Waals surface area contributed by atoms with Crippen molar-refractivity contribution in [3.05, 3.63) is 48.5 Å². The Morgan fingerprint density at radius 1 is 0.944 bits per heavy atom. The standard InChI is InChI=1S/C15H17NOS/c1-3-17-13-6-10-15(11-7-13)18-14-8-4-12(16-2)5-9-14/h4-11,16H,3H2,1-2H3. The molecule has 0 spiro atoms. The summed E-state index contributed by atoms with van der Waals surface area (Å²) in [6.45, 7) is 2.70. The van der Waals surface area contributed by atoms with Crippen LogP contribution in [0.5, 0.6) is 5.75 Å². The third-order valence-electron chi connectivity index (χ3n) is 2.51. The summed E-state index contributed by atoms with van der Waals surface area (Å²) in [5.41, 5.74) is 1.13. The Bertz CT molecular complexity index is 479. The molecule has 0 unspecified atom stereocenters. The molecular formula is C15H17NOS. The molecule has 1 N–H and O–H groups in total. The zero-order valence-electron chi connectivity index (χ0n) is 10.6. The molecule has 0 radical (unpaired) electrons. The van der Waals surface area contributed by atoms with Crippen molar-refractivity contribution in [1.82, 2.24) is 0 Å². The second-order valence-corrected chi connectivity index (χ2v) is 4.93. The smallest absolute Gasteiger partial charge is 0.119 e. The van der Waals surface area contributed by atoms with E-state index in [9.17, 15) is 0 Å². The first-order valence-electron chi connectivity index (χ1n) is 6.00. The minimum Gasteiger partial charge on any atom is -0.494 e. The average molecular weight is 259 g/mol. The Kier molecular flexibility index (Phi) is 4.53. The maximum Gasteiger partial charge on any atom is 0.119 e. The lowest BCUT2D eigenvalue weighted by Crippen LogP contribution is -1.90. The molecule has 2 aromatic carbocycles. The van der Waals surface area contributed by atoms with Crippen LogP contribution in [-0.4, -0.2) is 13.7 Å². The summed E-state index contributed by atoms with van der Waals surface area (Å²) in [7, 11) is 1.93. The maximum atomic E-state index is 5.42. The van der Waals surface area contributed by atoms with Crippen LogP contribution in [-0.2, 0) is 0 Å². The first-order valence-corrected chi connectivity index (χ1v) is 6.82. The van der Waals surface area contributed by atoms with Gasteiger partial charge in [-0.25, -0.2) is 0 Å². The second kappa shape index (κ2) is 6.36. The fourth-order valence-electron chi connectivity index (χ4n) is 1.60. The van der Waals surface area contributed by atoms with Crippen molar-refractivity contribution in [3.8, 4) is 5.75 Å². The predicted octanol–water partition coefficient (Wildman–Crippen LogP) is 4.28. The molecule has 0 fully saturated rings. The van der Waals surface area contributed by atoms with Gasteiger partial charge in [0.05, 0.1) is 6.61 Å². The number of benzene rings is 2. The lowest BCUT2D eigenvalue weighted by atomic mass is 10.3. The molecule has 0 aromatic heterocycles. The van der Waals surface area contributed by atoms with E-state index in [1.54, 1.807) is 11.8 Å². The van der Waals surface area contributed by atoms with Crippen molar-refractivity contribution < 1.29 is 4.74 Å². The van der Waals surface area contributed by atoms with Crippen LogP contribution >= 0.6 is 11.8 Å². The minimum absolute atomic E-state index is 0.706. The van der Waals surface area contributed by atoms with Gasteiger partial charge in [0, 0.05) is 22.5 Å². The largest absolute Gasteiger partial charge is 0.494 e. The first-order chi connectivity index (χ1) is 8.81. The fraction of sp³-hybridized carbons (Fsp3) is 0.200. The first kappa shape index (κ1) is 12.8. The van der Waals surface area contributed by atoms with Gasteiger partial charge in [0.25, 0.3) is 0 Å². The molecule has 18 heavy (non-hydrogen) atoms. The van der Waals surface area contributed by atoms with E-state index in [2.05, 4.69) is 41.7 Å². The van der Waals surface area contributed by atoms with Gasteiger partial charge in [-0.05, 0) is 55.5 Å². The van der Waals surface area contributed by atoms with Crippen LogP contribution in [0.3, 0.4) is 0 Å². The summed E-state index contributed by atoms with van der Waals surface area (Å²) in [6.07, 6.45) is 0. The van der Waals surface area contributed by atoms with Gasteiger partial charge < -0.3 is 10.1 Å². The highest BCUT2D eigenvalue weighted by atomic mass is 32.2. The topological polar surface area (TPSA) is 21.3 Å². The van der Waals surface area contributed by atoms with Crippen LogP contribution in [0.4, 0.5) is 5.69 Å². The third-order valence-corrected chi connectivity index (χ3v) is 3.53. The molecule has 2 aromatic rings. The lowest BCUT2D eigenvalue weighted by Gasteiger charge is -2.06. The van der Waals surface area contributed by atoms with Crippen molar-refractivity contribution in [2.75, 3.05) is 19.0 Å². The van der Waals surface area contributed by atoms with E-state index >= 15 is 0 Å². The zero-order valence-corrected chi connectivity index (χ0v) is 11.5.